The molecule has 1 N–H and O–H groups in total. The SMILES string of the molecule is CNc1nc(C)cn1C(C)CN(C)C. The van der Waals surface area contributed by atoms with Gasteiger partial charge in [-0.25, -0.2) is 4.98 Å². The van der Waals surface area contributed by atoms with Crippen LogP contribution < -0.4 is 5.32 Å². The van der Waals surface area contributed by atoms with E-state index in [0.717, 1.165) is 18.2 Å². The molecule has 80 valence electrons. The Hall–Kier alpha value is -1.03. The second-order valence-corrected chi connectivity index (χ2v) is 3.97. The summed E-state index contributed by atoms with van der Waals surface area (Å²) >= 11 is 0. The number of aromatic nitrogens is 2. The zero-order valence-corrected chi connectivity index (χ0v) is 9.70. The fourth-order valence-corrected chi connectivity index (χ4v) is 1.65. The van der Waals surface area contributed by atoms with Gasteiger partial charge in [-0.1, -0.05) is 0 Å². The van der Waals surface area contributed by atoms with Gasteiger partial charge in [0, 0.05) is 25.8 Å². The topological polar surface area (TPSA) is 33.1 Å². The van der Waals surface area contributed by atoms with Crippen LogP contribution in [-0.4, -0.2) is 42.1 Å². The fraction of sp³-hybridized carbons (Fsp3) is 0.700. The third kappa shape index (κ3) is 2.48. The minimum absolute atomic E-state index is 0.439. The molecule has 1 atom stereocenters. The highest BCUT2D eigenvalue weighted by Gasteiger charge is 2.11. The Bertz CT molecular complexity index is 290. The number of hydrogen-bond donors (Lipinski definition) is 1. The van der Waals surface area contributed by atoms with E-state index in [-0.39, 0.29) is 0 Å². The van der Waals surface area contributed by atoms with Crippen LogP contribution >= 0.6 is 0 Å². The Morgan fingerprint density at radius 3 is 2.71 bits per heavy atom. The van der Waals surface area contributed by atoms with E-state index in [1.165, 1.54) is 0 Å². The molecule has 0 radical (unpaired) electrons. The lowest BCUT2D eigenvalue weighted by molar-refractivity contribution is 0.338. The highest BCUT2D eigenvalue weighted by atomic mass is 15.2. The van der Waals surface area contributed by atoms with Crippen molar-refractivity contribution in [2.45, 2.75) is 19.9 Å². The zero-order valence-electron chi connectivity index (χ0n) is 9.70. The lowest BCUT2D eigenvalue weighted by atomic mass is 10.3. The van der Waals surface area contributed by atoms with Gasteiger partial charge in [0.1, 0.15) is 0 Å². The van der Waals surface area contributed by atoms with E-state index >= 15 is 0 Å². The Balaban J connectivity index is 2.82. The second kappa shape index (κ2) is 4.46. The van der Waals surface area contributed by atoms with Crippen molar-refractivity contribution in [2.75, 3.05) is 33.0 Å². The zero-order chi connectivity index (χ0) is 10.7. The largest absolute Gasteiger partial charge is 0.359 e. The highest BCUT2D eigenvalue weighted by Crippen LogP contribution is 2.15. The summed E-state index contributed by atoms with van der Waals surface area (Å²) in [6, 6.07) is 0.439. The van der Waals surface area contributed by atoms with Gasteiger partial charge in [-0.2, -0.15) is 0 Å². The predicted molar refractivity (Wildman–Crippen MR) is 59.8 cm³/mol. The Morgan fingerprint density at radius 1 is 1.57 bits per heavy atom. The summed E-state index contributed by atoms with van der Waals surface area (Å²) in [6.45, 7) is 5.23. The minimum atomic E-state index is 0.439. The molecule has 0 spiro atoms. The maximum Gasteiger partial charge on any atom is 0.203 e. The maximum absolute atomic E-state index is 4.39. The van der Waals surface area contributed by atoms with E-state index in [2.05, 4.69) is 47.0 Å². The first-order valence-corrected chi connectivity index (χ1v) is 4.92. The van der Waals surface area contributed by atoms with E-state index in [4.69, 9.17) is 0 Å². The van der Waals surface area contributed by atoms with Crippen LogP contribution in [0.15, 0.2) is 6.20 Å². The third-order valence-corrected chi connectivity index (χ3v) is 2.18. The maximum atomic E-state index is 4.39. The van der Waals surface area contributed by atoms with Gasteiger partial charge in [-0.05, 0) is 27.9 Å². The van der Waals surface area contributed by atoms with E-state index in [9.17, 15) is 0 Å². The van der Waals surface area contributed by atoms with Crippen molar-refractivity contribution in [2.24, 2.45) is 0 Å². The summed E-state index contributed by atoms with van der Waals surface area (Å²) in [5.41, 5.74) is 1.06. The lowest BCUT2D eigenvalue weighted by Crippen LogP contribution is -2.22. The smallest absolute Gasteiger partial charge is 0.203 e. The van der Waals surface area contributed by atoms with Gasteiger partial charge in [-0.15, -0.1) is 0 Å². The van der Waals surface area contributed by atoms with Gasteiger partial charge in [0.25, 0.3) is 0 Å². The number of imidazole rings is 1. The number of rotatable bonds is 4. The summed E-state index contributed by atoms with van der Waals surface area (Å²) in [4.78, 5) is 6.57. The van der Waals surface area contributed by atoms with Crippen molar-refractivity contribution in [3.63, 3.8) is 0 Å². The molecule has 0 aliphatic carbocycles. The van der Waals surface area contributed by atoms with Crippen LogP contribution in [0.3, 0.4) is 0 Å². The summed E-state index contributed by atoms with van der Waals surface area (Å²) in [7, 11) is 6.07. The van der Waals surface area contributed by atoms with E-state index < -0.39 is 0 Å². The molecule has 14 heavy (non-hydrogen) atoms. The summed E-state index contributed by atoms with van der Waals surface area (Å²) in [5, 5.41) is 3.10. The molecule has 0 bridgehead atoms. The summed E-state index contributed by atoms with van der Waals surface area (Å²) < 4.78 is 2.18. The number of nitrogens with zero attached hydrogens (tertiary/aromatic N) is 3. The number of nitrogens with one attached hydrogen (secondary N) is 1. The van der Waals surface area contributed by atoms with Crippen LogP contribution in [0, 0.1) is 6.92 Å². The van der Waals surface area contributed by atoms with Crippen LogP contribution in [-0.2, 0) is 0 Å². The third-order valence-electron chi connectivity index (χ3n) is 2.18. The van der Waals surface area contributed by atoms with Crippen molar-refractivity contribution in [1.29, 1.82) is 0 Å². The van der Waals surface area contributed by atoms with Crippen LogP contribution in [0.1, 0.15) is 18.7 Å². The Labute approximate surface area is 85.9 Å². The Kier molecular flexibility index (Phi) is 3.52. The standard InChI is InChI=1S/C10H20N4/c1-8-6-14(10(11-3)12-8)9(2)7-13(4)5/h6,9H,7H2,1-5H3,(H,11,12). The van der Waals surface area contributed by atoms with Crippen molar-refractivity contribution >= 4 is 5.95 Å². The molecule has 1 aromatic rings. The molecular formula is C10H20N4. The molecule has 4 nitrogen and oxygen atoms in total. The lowest BCUT2D eigenvalue weighted by Gasteiger charge is -2.19. The van der Waals surface area contributed by atoms with Crippen molar-refractivity contribution in [3.05, 3.63) is 11.9 Å². The molecule has 1 rings (SSSR count). The van der Waals surface area contributed by atoms with E-state index in [1.807, 2.05) is 14.0 Å². The first-order valence-electron chi connectivity index (χ1n) is 4.92. The van der Waals surface area contributed by atoms with Crippen molar-refractivity contribution < 1.29 is 0 Å². The van der Waals surface area contributed by atoms with Crippen molar-refractivity contribution in [1.82, 2.24) is 14.5 Å². The van der Waals surface area contributed by atoms with Crippen LogP contribution in [0.2, 0.25) is 0 Å². The number of hydrogen-bond acceptors (Lipinski definition) is 3. The van der Waals surface area contributed by atoms with E-state index in [0.29, 0.717) is 6.04 Å². The average Bonchev–Trinajstić information content (AvgIpc) is 2.45. The molecule has 1 aromatic heterocycles. The molecule has 1 heterocycles. The van der Waals surface area contributed by atoms with Gasteiger partial charge >= 0.3 is 0 Å². The van der Waals surface area contributed by atoms with Crippen molar-refractivity contribution in [3.8, 4) is 0 Å². The molecule has 0 saturated heterocycles. The average molecular weight is 196 g/mol. The van der Waals surface area contributed by atoms with E-state index in [1.54, 1.807) is 0 Å². The summed E-state index contributed by atoms with van der Waals surface area (Å²) in [5.74, 6) is 0.942. The fourth-order valence-electron chi connectivity index (χ4n) is 1.65. The number of likely N-dealkylation sites (N-methyl/N-ethyl adjacent to an activating group) is 1. The molecule has 0 aliphatic rings. The van der Waals surface area contributed by atoms with Gasteiger partial charge in [0.15, 0.2) is 0 Å². The number of anilines is 1. The molecule has 0 aromatic carbocycles. The molecular weight excluding hydrogens is 176 g/mol. The molecule has 0 fully saturated rings. The van der Waals surface area contributed by atoms with Crippen LogP contribution in [0.5, 0.6) is 0 Å². The normalized spacial score (nSPS) is 13.3. The predicted octanol–water partition coefficient (Wildman–Crippen LogP) is 1.36. The van der Waals surface area contributed by atoms with Gasteiger partial charge in [-0.3, -0.25) is 0 Å². The van der Waals surface area contributed by atoms with Crippen LogP contribution in [0.25, 0.3) is 0 Å². The summed E-state index contributed by atoms with van der Waals surface area (Å²) in [6.07, 6.45) is 2.08. The first kappa shape index (κ1) is 11.0. The molecule has 1 unspecified atom stereocenters. The van der Waals surface area contributed by atoms with Gasteiger partial charge in [0.2, 0.25) is 5.95 Å². The molecule has 0 saturated carbocycles. The van der Waals surface area contributed by atoms with Crippen LogP contribution in [0.4, 0.5) is 5.95 Å². The van der Waals surface area contributed by atoms with Gasteiger partial charge < -0.3 is 14.8 Å². The monoisotopic (exact) mass is 196 g/mol. The molecule has 0 amide bonds. The molecule has 4 heteroatoms. The van der Waals surface area contributed by atoms with Gasteiger partial charge in [0.05, 0.1) is 5.69 Å². The second-order valence-electron chi connectivity index (χ2n) is 3.97. The minimum Gasteiger partial charge on any atom is -0.359 e. The Morgan fingerprint density at radius 2 is 2.21 bits per heavy atom. The quantitative estimate of drug-likeness (QED) is 0.789. The molecule has 0 aliphatic heterocycles. The highest BCUT2D eigenvalue weighted by molar-refractivity contribution is 5.28. The number of aryl methyl sites for hydroxylation is 1. The first-order chi connectivity index (χ1) is 6.54.